The third-order valence-corrected chi connectivity index (χ3v) is 4.57. The van der Waals surface area contributed by atoms with E-state index in [9.17, 15) is 4.79 Å². The number of hydrogen-bond acceptors (Lipinski definition) is 3. The van der Waals surface area contributed by atoms with Gasteiger partial charge in [-0.25, -0.2) is 0 Å². The number of para-hydroxylation sites is 1. The molecule has 0 fully saturated rings. The largest absolute Gasteiger partial charge is 0.496 e. The first-order chi connectivity index (χ1) is 13.7. The molecule has 4 nitrogen and oxygen atoms in total. The molecule has 142 valence electrons. The first-order valence-electron chi connectivity index (χ1n) is 9.21. The molecule has 0 spiro atoms. The first kappa shape index (κ1) is 19.4. The van der Waals surface area contributed by atoms with E-state index in [2.05, 4.69) is 24.0 Å². The van der Waals surface area contributed by atoms with Crippen molar-refractivity contribution in [2.75, 3.05) is 7.11 Å². The highest BCUT2D eigenvalue weighted by Crippen LogP contribution is 2.19. The molecule has 1 aromatic heterocycles. The van der Waals surface area contributed by atoms with Crippen LogP contribution in [0.25, 0.3) is 6.08 Å². The van der Waals surface area contributed by atoms with Crippen molar-refractivity contribution >= 4 is 12.0 Å². The van der Waals surface area contributed by atoms with Crippen LogP contribution in [0, 0.1) is 6.92 Å². The second-order valence-electron chi connectivity index (χ2n) is 6.56. The second kappa shape index (κ2) is 9.51. The van der Waals surface area contributed by atoms with Gasteiger partial charge in [-0.3, -0.25) is 9.78 Å². The maximum atomic E-state index is 13.0. The fourth-order valence-electron chi connectivity index (χ4n) is 2.99. The third kappa shape index (κ3) is 5.07. The summed E-state index contributed by atoms with van der Waals surface area (Å²) in [6.45, 7) is 3.10. The molecule has 0 radical (unpaired) electrons. The molecular weight excluding hydrogens is 348 g/mol. The van der Waals surface area contributed by atoms with E-state index >= 15 is 0 Å². The zero-order valence-electron chi connectivity index (χ0n) is 16.2. The van der Waals surface area contributed by atoms with Gasteiger partial charge in [0, 0.05) is 37.1 Å². The number of rotatable bonds is 7. The molecule has 3 aromatic rings. The maximum absolute atomic E-state index is 13.0. The van der Waals surface area contributed by atoms with E-state index < -0.39 is 0 Å². The van der Waals surface area contributed by atoms with Crippen LogP contribution in [0.5, 0.6) is 5.75 Å². The van der Waals surface area contributed by atoms with E-state index in [0.29, 0.717) is 13.1 Å². The topological polar surface area (TPSA) is 42.4 Å². The van der Waals surface area contributed by atoms with Crippen molar-refractivity contribution in [1.82, 2.24) is 9.88 Å². The summed E-state index contributed by atoms with van der Waals surface area (Å²) in [6.07, 6.45) is 6.93. The number of aromatic nitrogens is 1. The number of aryl methyl sites for hydroxylation is 1. The van der Waals surface area contributed by atoms with Gasteiger partial charge in [-0.1, -0.05) is 48.5 Å². The summed E-state index contributed by atoms with van der Waals surface area (Å²) in [6, 6.07) is 19.6. The SMILES string of the molecule is COc1ccccc1/C=C/C(=O)N(Cc1cccnc1)Cc1ccccc1C. The Morgan fingerprint density at radius 3 is 2.57 bits per heavy atom. The van der Waals surface area contributed by atoms with E-state index in [1.165, 1.54) is 5.56 Å². The van der Waals surface area contributed by atoms with Crippen molar-refractivity contribution < 1.29 is 9.53 Å². The molecule has 0 saturated heterocycles. The Bertz CT molecular complexity index is 952. The Kier molecular flexibility index (Phi) is 6.58. The molecule has 0 aliphatic carbocycles. The molecule has 3 rings (SSSR count). The lowest BCUT2D eigenvalue weighted by Gasteiger charge is -2.22. The predicted molar refractivity (Wildman–Crippen MR) is 112 cm³/mol. The molecule has 0 unspecified atom stereocenters. The quantitative estimate of drug-likeness (QED) is 0.568. The Morgan fingerprint density at radius 1 is 1.04 bits per heavy atom. The second-order valence-corrected chi connectivity index (χ2v) is 6.56. The monoisotopic (exact) mass is 372 g/mol. The number of nitrogens with zero attached hydrogens (tertiary/aromatic N) is 2. The standard InChI is InChI=1S/C24H24N2O2/c1-19-8-3-4-11-22(19)18-26(17-20-9-7-15-25-16-20)24(27)14-13-21-10-5-6-12-23(21)28-2/h3-16H,17-18H2,1-2H3/b14-13+. The summed E-state index contributed by atoms with van der Waals surface area (Å²) < 4.78 is 5.36. The number of carbonyl (C=O) groups excluding carboxylic acids is 1. The minimum Gasteiger partial charge on any atom is -0.496 e. The van der Waals surface area contributed by atoms with Crippen LogP contribution in [0.3, 0.4) is 0 Å². The van der Waals surface area contributed by atoms with Crippen molar-refractivity contribution in [2.24, 2.45) is 0 Å². The van der Waals surface area contributed by atoms with Crippen LogP contribution in [-0.4, -0.2) is 22.9 Å². The summed E-state index contributed by atoms with van der Waals surface area (Å²) in [7, 11) is 1.63. The molecule has 1 heterocycles. The van der Waals surface area contributed by atoms with E-state index in [0.717, 1.165) is 22.4 Å². The Morgan fingerprint density at radius 2 is 1.82 bits per heavy atom. The Hall–Kier alpha value is -3.40. The zero-order chi connectivity index (χ0) is 19.8. The van der Waals surface area contributed by atoms with E-state index in [1.54, 1.807) is 31.7 Å². The Balaban J connectivity index is 1.83. The summed E-state index contributed by atoms with van der Waals surface area (Å²) in [4.78, 5) is 19.0. The molecule has 0 N–H and O–H groups in total. The summed E-state index contributed by atoms with van der Waals surface area (Å²) in [5.74, 6) is 0.683. The molecule has 1 amide bonds. The predicted octanol–water partition coefficient (Wildman–Crippen LogP) is 4.64. The minimum atomic E-state index is -0.0574. The molecule has 2 aromatic carbocycles. The van der Waals surface area contributed by atoms with Gasteiger partial charge < -0.3 is 9.64 Å². The maximum Gasteiger partial charge on any atom is 0.247 e. The smallest absolute Gasteiger partial charge is 0.247 e. The van der Waals surface area contributed by atoms with Crippen LogP contribution in [0.1, 0.15) is 22.3 Å². The van der Waals surface area contributed by atoms with Crippen LogP contribution in [0.2, 0.25) is 0 Å². The van der Waals surface area contributed by atoms with Crippen molar-refractivity contribution in [1.29, 1.82) is 0 Å². The zero-order valence-corrected chi connectivity index (χ0v) is 16.2. The van der Waals surface area contributed by atoms with Crippen LogP contribution < -0.4 is 4.74 Å². The highest BCUT2D eigenvalue weighted by atomic mass is 16.5. The number of hydrogen-bond donors (Lipinski definition) is 0. The van der Waals surface area contributed by atoms with Gasteiger partial charge in [0.2, 0.25) is 5.91 Å². The van der Waals surface area contributed by atoms with Crippen molar-refractivity contribution in [3.8, 4) is 5.75 Å². The Labute approximate surface area is 166 Å². The molecule has 0 bridgehead atoms. The number of benzene rings is 2. The number of amides is 1. The number of carbonyl (C=O) groups is 1. The fraction of sp³-hybridized carbons (Fsp3) is 0.167. The summed E-state index contributed by atoms with van der Waals surface area (Å²) in [5, 5.41) is 0. The average Bonchev–Trinajstić information content (AvgIpc) is 2.74. The summed E-state index contributed by atoms with van der Waals surface area (Å²) >= 11 is 0. The molecule has 4 heteroatoms. The van der Waals surface area contributed by atoms with Crippen LogP contribution in [0.15, 0.2) is 79.1 Å². The van der Waals surface area contributed by atoms with E-state index in [1.807, 2.05) is 53.4 Å². The van der Waals surface area contributed by atoms with Crippen molar-refractivity contribution in [3.63, 3.8) is 0 Å². The molecule has 28 heavy (non-hydrogen) atoms. The summed E-state index contributed by atoms with van der Waals surface area (Å²) in [5.41, 5.74) is 4.16. The number of ether oxygens (including phenoxy) is 1. The lowest BCUT2D eigenvalue weighted by Crippen LogP contribution is -2.28. The molecule has 0 saturated carbocycles. The molecule has 0 aliphatic rings. The molecular formula is C24H24N2O2. The van der Waals surface area contributed by atoms with Gasteiger partial charge in [0.15, 0.2) is 0 Å². The highest BCUT2D eigenvalue weighted by Gasteiger charge is 2.14. The van der Waals surface area contributed by atoms with E-state index in [-0.39, 0.29) is 5.91 Å². The molecule has 0 atom stereocenters. The third-order valence-electron chi connectivity index (χ3n) is 4.57. The number of methoxy groups -OCH3 is 1. The van der Waals surface area contributed by atoms with Crippen LogP contribution in [0.4, 0.5) is 0 Å². The van der Waals surface area contributed by atoms with Gasteiger partial charge in [-0.05, 0) is 41.8 Å². The average molecular weight is 372 g/mol. The van der Waals surface area contributed by atoms with Gasteiger partial charge in [-0.2, -0.15) is 0 Å². The lowest BCUT2D eigenvalue weighted by molar-refractivity contribution is -0.127. The highest BCUT2D eigenvalue weighted by molar-refractivity contribution is 5.92. The van der Waals surface area contributed by atoms with Gasteiger partial charge in [0.25, 0.3) is 0 Å². The van der Waals surface area contributed by atoms with Crippen molar-refractivity contribution in [2.45, 2.75) is 20.0 Å². The molecule has 0 aliphatic heterocycles. The lowest BCUT2D eigenvalue weighted by atomic mass is 10.1. The van der Waals surface area contributed by atoms with E-state index in [4.69, 9.17) is 4.74 Å². The van der Waals surface area contributed by atoms with Gasteiger partial charge >= 0.3 is 0 Å². The fourth-order valence-corrected chi connectivity index (χ4v) is 2.99. The van der Waals surface area contributed by atoms with Gasteiger partial charge in [0.1, 0.15) is 5.75 Å². The minimum absolute atomic E-state index is 0.0574. The number of pyridine rings is 1. The van der Waals surface area contributed by atoms with Crippen LogP contribution >= 0.6 is 0 Å². The van der Waals surface area contributed by atoms with Crippen LogP contribution in [-0.2, 0) is 17.9 Å². The van der Waals surface area contributed by atoms with Gasteiger partial charge in [0.05, 0.1) is 7.11 Å². The van der Waals surface area contributed by atoms with Crippen molar-refractivity contribution in [3.05, 3.63) is 101 Å². The first-order valence-corrected chi connectivity index (χ1v) is 9.21. The van der Waals surface area contributed by atoms with Gasteiger partial charge in [-0.15, -0.1) is 0 Å². The normalized spacial score (nSPS) is 10.8.